The molecule has 27 heavy (non-hydrogen) atoms. The summed E-state index contributed by atoms with van der Waals surface area (Å²) in [5.74, 6) is 1.91. The van der Waals surface area contributed by atoms with Crippen LogP contribution in [-0.4, -0.2) is 52.0 Å². The summed E-state index contributed by atoms with van der Waals surface area (Å²) in [5, 5.41) is 2.00. The first-order valence-corrected chi connectivity index (χ1v) is 9.23. The van der Waals surface area contributed by atoms with E-state index in [1.807, 2.05) is 23.6 Å². The second kappa shape index (κ2) is 9.13. The molecular weight excluding hydrogens is 477 g/mol. The Balaban J connectivity index is 0.00000210. The van der Waals surface area contributed by atoms with Gasteiger partial charge in [-0.05, 0) is 17.5 Å². The van der Waals surface area contributed by atoms with Crippen molar-refractivity contribution in [1.82, 2.24) is 19.9 Å². The molecule has 0 amide bonds. The van der Waals surface area contributed by atoms with E-state index in [2.05, 4.69) is 29.7 Å². The highest BCUT2D eigenvalue weighted by atomic mass is 127. The van der Waals surface area contributed by atoms with Crippen molar-refractivity contribution in [3.05, 3.63) is 47.9 Å². The van der Waals surface area contributed by atoms with Crippen LogP contribution in [0.15, 0.2) is 51.6 Å². The van der Waals surface area contributed by atoms with Gasteiger partial charge in [0, 0.05) is 38.6 Å². The van der Waals surface area contributed by atoms with Crippen LogP contribution >= 0.6 is 35.3 Å². The molecule has 3 aromatic rings. The lowest BCUT2D eigenvalue weighted by Gasteiger charge is -2.35. The molecule has 1 fully saturated rings. The van der Waals surface area contributed by atoms with E-state index in [0.717, 1.165) is 42.7 Å². The molecule has 1 aliphatic heterocycles. The Bertz CT molecular complexity index is 861. The number of hydrogen-bond acceptors (Lipinski definition) is 7. The predicted octanol–water partition coefficient (Wildman–Crippen LogP) is 2.45. The molecule has 2 N–H and O–H groups in total. The van der Waals surface area contributed by atoms with Gasteiger partial charge >= 0.3 is 0 Å². The van der Waals surface area contributed by atoms with Gasteiger partial charge in [0.1, 0.15) is 12.0 Å². The Morgan fingerprint density at radius 1 is 1.19 bits per heavy atom. The molecule has 1 aliphatic rings. The summed E-state index contributed by atoms with van der Waals surface area (Å²) in [4.78, 5) is 22.7. The van der Waals surface area contributed by atoms with Crippen molar-refractivity contribution in [2.45, 2.75) is 6.54 Å². The summed E-state index contributed by atoms with van der Waals surface area (Å²) in [6, 6.07) is 5.77. The van der Waals surface area contributed by atoms with Crippen molar-refractivity contribution in [2.24, 2.45) is 10.7 Å². The number of aliphatic imine (C=N–C) groups is 1. The van der Waals surface area contributed by atoms with Gasteiger partial charge in [0.2, 0.25) is 11.8 Å². The van der Waals surface area contributed by atoms with Crippen LogP contribution in [0.4, 0.5) is 5.95 Å². The largest absolute Gasteiger partial charge is 0.443 e. The Labute approximate surface area is 178 Å². The van der Waals surface area contributed by atoms with E-state index in [4.69, 9.17) is 10.2 Å². The average molecular weight is 497 g/mol. The van der Waals surface area contributed by atoms with Crippen LogP contribution in [0.1, 0.15) is 5.69 Å². The van der Waals surface area contributed by atoms with Gasteiger partial charge in [0.05, 0.1) is 11.4 Å². The second-order valence-electron chi connectivity index (χ2n) is 5.82. The van der Waals surface area contributed by atoms with Crippen molar-refractivity contribution in [3.8, 4) is 10.8 Å². The van der Waals surface area contributed by atoms with Gasteiger partial charge in [0.15, 0.2) is 5.96 Å². The summed E-state index contributed by atoms with van der Waals surface area (Å²) in [6.07, 6.45) is 5.15. The SMILES string of the molecule is I.NC(=NCc1coc(-c2cccs2)n1)N1CCN(c2ncccn2)CC1. The summed E-state index contributed by atoms with van der Waals surface area (Å²) in [5.41, 5.74) is 6.92. The van der Waals surface area contributed by atoms with Crippen LogP contribution in [0.25, 0.3) is 10.8 Å². The average Bonchev–Trinajstić information content (AvgIpc) is 3.38. The van der Waals surface area contributed by atoms with Crippen molar-refractivity contribution in [2.75, 3.05) is 31.1 Å². The highest BCUT2D eigenvalue weighted by Crippen LogP contribution is 2.23. The van der Waals surface area contributed by atoms with Crippen LogP contribution < -0.4 is 10.6 Å². The zero-order valence-corrected chi connectivity index (χ0v) is 17.7. The minimum absolute atomic E-state index is 0. The molecule has 10 heteroatoms. The Hall–Kier alpha value is -2.21. The topological polar surface area (TPSA) is 96.7 Å². The summed E-state index contributed by atoms with van der Waals surface area (Å²) in [6.45, 7) is 3.60. The highest BCUT2D eigenvalue weighted by Gasteiger charge is 2.20. The Morgan fingerprint density at radius 2 is 1.96 bits per heavy atom. The lowest BCUT2D eigenvalue weighted by molar-refractivity contribution is 0.378. The number of hydrogen-bond donors (Lipinski definition) is 1. The minimum Gasteiger partial charge on any atom is -0.443 e. The fourth-order valence-electron chi connectivity index (χ4n) is 2.75. The fraction of sp³-hybridized carbons (Fsp3) is 0.294. The van der Waals surface area contributed by atoms with Crippen LogP contribution in [0.5, 0.6) is 0 Å². The van der Waals surface area contributed by atoms with Crippen LogP contribution in [0.2, 0.25) is 0 Å². The first-order valence-electron chi connectivity index (χ1n) is 8.35. The molecule has 0 aliphatic carbocycles. The van der Waals surface area contributed by atoms with Crippen molar-refractivity contribution in [3.63, 3.8) is 0 Å². The number of halogens is 1. The van der Waals surface area contributed by atoms with E-state index < -0.39 is 0 Å². The monoisotopic (exact) mass is 497 g/mol. The third kappa shape index (κ3) is 4.75. The molecular formula is C17H20IN7OS. The van der Waals surface area contributed by atoms with Gasteiger partial charge < -0.3 is 20.0 Å². The maximum Gasteiger partial charge on any atom is 0.236 e. The molecule has 0 unspecified atom stereocenters. The van der Waals surface area contributed by atoms with Gasteiger partial charge in [-0.3, -0.25) is 0 Å². The van der Waals surface area contributed by atoms with Gasteiger partial charge in [-0.15, -0.1) is 35.3 Å². The molecule has 3 aromatic heterocycles. The first kappa shape index (κ1) is 19.5. The van der Waals surface area contributed by atoms with E-state index in [1.54, 1.807) is 30.0 Å². The molecule has 142 valence electrons. The molecule has 0 radical (unpaired) electrons. The molecule has 1 saturated heterocycles. The number of guanidine groups is 1. The number of piperazine rings is 1. The molecule has 0 aromatic carbocycles. The predicted molar refractivity (Wildman–Crippen MR) is 116 cm³/mol. The normalized spacial score (nSPS) is 14.9. The van der Waals surface area contributed by atoms with Crippen LogP contribution in [0, 0.1) is 0 Å². The molecule has 0 bridgehead atoms. The number of aromatic nitrogens is 3. The summed E-state index contributed by atoms with van der Waals surface area (Å²) >= 11 is 1.59. The van der Waals surface area contributed by atoms with E-state index in [9.17, 15) is 0 Å². The van der Waals surface area contributed by atoms with E-state index in [1.165, 1.54) is 0 Å². The molecule has 0 atom stereocenters. The van der Waals surface area contributed by atoms with Gasteiger partial charge in [-0.1, -0.05) is 6.07 Å². The van der Waals surface area contributed by atoms with E-state index in [-0.39, 0.29) is 24.0 Å². The number of rotatable bonds is 4. The lowest BCUT2D eigenvalue weighted by atomic mass is 10.3. The third-order valence-corrected chi connectivity index (χ3v) is 4.98. The quantitative estimate of drug-likeness (QED) is 0.336. The smallest absolute Gasteiger partial charge is 0.236 e. The zero-order valence-electron chi connectivity index (χ0n) is 14.6. The van der Waals surface area contributed by atoms with Crippen molar-refractivity contribution >= 4 is 47.2 Å². The molecule has 4 heterocycles. The molecule has 8 nitrogen and oxygen atoms in total. The highest BCUT2D eigenvalue weighted by molar-refractivity contribution is 14.0. The maximum atomic E-state index is 6.15. The summed E-state index contributed by atoms with van der Waals surface area (Å²) < 4.78 is 5.50. The van der Waals surface area contributed by atoms with Gasteiger partial charge in [0.25, 0.3) is 0 Å². The number of thiophene rings is 1. The van der Waals surface area contributed by atoms with E-state index >= 15 is 0 Å². The van der Waals surface area contributed by atoms with Crippen LogP contribution in [-0.2, 0) is 6.54 Å². The summed E-state index contributed by atoms with van der Waals surface area (Å²) in [7, 11) is 0. The lowest BCUT2D eigenvalue weighted by Crippen LogP contribution is -2.51. The third-order valence-electron chi connectivity index (χ3n) is 4.13. The van der Waals surface area contributed by atoms with Crippen molar-refractivity contribution < 1.29 is 4.42 Å². The Kier molecular flexibility index (Phi) is 6.61. The maximum absolute atomic E-state index is 6.15. The number of nitrogens with zero attached hydrogens (tertiary/aromatic N) is 6. The van der Waals surface area contributed by atoms with E-state index in [0.29, 0.717) is 18.4 Å². The number of oxazole rings is 1. The molecule has 4 rings (SSSR count). The Morgan fingerprint density at radius 3 is 2.67 bits per heavy atom. The molecule has 0 spiro atoms. The number of nitrogens with two attached hydrogens (primary N) is 1. The van der Waals surface area contributed by atoms with Crippen LogP contribution in [0.3, 0.4) is 0 Å². The zero-order chi connectivity index (χ0) is 17.8. The minimum atomic E-state index is 0. The first-order chi connectivity index (χ1) is 12.8. The molecule has 0 saturated carbocycles. The number of anilines is 1. The standard InChI is InChI=1S/C17H19N7OS.HI/c18-16(21-11-13-12-25-15(22-13)14-3-1-10-26-14)23-6-8-24(9-7-23)17-19-4-2-5-20-17;/h1-5,10,12H,6-9,11H2,(H2,18,21);1H. The van der Waals surface area contributed by atoms with Gasteiger partial charge in [-0.2, -0.15) is 0 Å². The van der Waals surface area contributed by atoms with Gasteiger partial charge in [-0.25, -0.2) is 19.9 Å². The second-order valence-corrected chi connectivity index (χ2v) is 6.77. The fourth-order valence-corrected chi connectivity index (χ4v) is 3.40. The van der Waals surface area contributed by atoms with Crippen molar-refractivity contribution in [1.29, 1.82) is 0 Å².